The number of halogens is 1. The highest BCUT2D eigenvalue weighted by molar-refractivity contribution is 9.10. The Morgan fingerprint density at radius 3 is 2.29 bits per heavy atom. The Hall–Kier alpha value is -3.19. The highest BCUT2D eigenvalue weighted by Crippen LogP contribution is 2.21. The molecule has 2 aromatic carbocycles. The lowest BCUT2D eigenvalue weighted by atomic mass is 10.2. The lowest BCUT2D eigenvalue weighted by Crippen LogP contribution is -2.33. The molecular formula is C24H23BrN4O2. The van der Waals surface area contributed by atoms with Crippen molar-refractivity contribution in [2.75, 3.05) is 4.90 Å². The van der Waals surface area contributed by atoms with Gasteiger partial charge in [0, 0.05) is 35.9 Å². The van der Waals surface area contributed by atoms with Crippen molar-refractivity contribution in [2.45, 2.75) is 33.0 Å². The molecule has 0 aliphatic heterocycles. The average Bonchev–Trinajstić information content (AvgIpc) is 3.07. The quantitative estimate of drug-likeness (QED) is 0.389. The van der Waals surface area contributed by atoms with Gasteiger partial charge in [0.1, 0.15) is 0 Å². The van der Waals surface area contributed by atoms with Gasteiger partial charge >= 0.3 is 5.69 Å². The standard InChI is InChI=1S/C24H23BrN4O2/c1-2-27-21-8-3-4-9-22(21)28(24(27)31)16-14-23(30)29(17-19-7-5-6-15-26-19)20-12-10-18(25)11-13-20/h3-13,15H,2,14,16-17H2,1H3. The number of carbonyl (C=O) groups is 1. The van der Waals surface area contributed by atoms with Gasteiger partial charge in [-0.1, -0.05) is 34.1 Å². The van der Waals surface area contributed by atoms with E-state index in [0.717, 1.165) is 26.9 Å². The molecule has 2 heterocycles. The number of hydrogen-bond donors (Lipinski definition) is 0. The molecule has 0 fully saturated rings. The highest BCUT2D eigenvalue weighted by atomic mass is 79.9. The van der Waals surface area contributed by atoms with Gasteiger partial charge in [-0.25, -0.2) is 4.79 Å². The number of aromatic nitrogens is 3. The number of aryl methyl sites for hydroxylation is 2. The van der Waals surface area contributed by atoms with Crippen molar-refractivity contribution in [3.63, 3.8) is 0 Å². The summed E-state index contributed by atoms with van der Waals surface area (Å²) in [7, 11) is 0. The molecule has 0 spiro atoms. The van der Waals surface area contributed by atoms with Crippen LogP contribution in [-0.2, 0) is 24.4 Å². The summed E-state index contributed by atoms with van der Waals surface area (Å²) in [5.41, 5.74) is 3.25. The van der Waals surface area contributed by atoms with E-state index in [4.69, 9.17) is 0 Å². The van der Waals surface area contributed by atoms with Crippen molar-refractivity contribution in [1.29, 1.82) is 0 Å². The molecule has 0 aliphatic carbocycles. The molecule has 7 heteroatoms. The van der Waals surface area contributed by atoms with Crippen molar-refractivity contribution in [3.8, 4) is 0 Å². The fourth-order valence-corrected chi connectivity index (χ4v) is 4.00. The summed E-state index contributed by atoms with van der Waals surface area (Å²) in [5.74, 6) is -0.0618. The van der Waals surface area contributed by atoms with Crippen LogP contribution < -0.4 is 10.6 Å². The molecule has 0 unspecified atom stereocenters. The third-order valence-corrected chi connectivity index (χ3v) is 5.80. The maximum absolute atomic E-state index is 13.3. The lowest BCUT2D eigenvalue weighted by molar-refractivity contribution is -0.119. The number of hydrogen-bond acceptors (Lipinski definition) is 3. The van der Waals surface area contributed by atoms with Gasteiger partial charge in [0.05, 0.1) is 23.3 Å². The van der Waals surface area contributed by atoms with Crippen LogP contribution >= 0.6 is 15.9 Å². The summed E-state index contributed by atoms with van der Waals surface area (Å²) in [6.45, 7) is 3.23. The van der Waals surface area contributed by atoms with Gasteiger partial charge in [-0.05, 0) is 55.5 Å². The van der Waals surface area contributed by atoms with E-state index in [2.05, 4.69) is 20.9 Å². The number of benzene rings is 2. The number of pyridine rings is 1. The Morgan fingerprint density at radius 1 is 0.968 bits per heavy atom. The number of carbonyl (C=O) groups excluding carboxylic acids is 1. The third kappa shape index (κ3) is 4.46. The number of nitrogens with zero attached hydrogens (tertiary/aromatic N) is 4. The van der Waals surface area contributed by atoms with E-state index in [-0.39, 0.29) is 18.0 Å². The second-order valence-corrected chi connectivity index (χ2v) is 8.11. The van der Waals surface area contributed by atoms with Crippen molar-refractivity contribution >= 4 is 38.6 Å². The molecule has 0 aliphatic rings. The predicted octanol–water partition coefficient (Wildman–Crippen LogP) is 4.60. The summed E-state index contributed by atoms with van der Waals surface area (Å²) in [6.07, 6.45) is 1.93. The van der Waals surface area contributed by atoms with Gasteiger partial charge in [0.25, 0.3) is 0 Å². The number of anilines is 1. The van der Waals surface area contributed by atoms with E-state index < -0.39 is 0 Å². The van der Waals surface area contributed by atoms with E-state index in [1.54, 1.807) is 20.2 Å². The smallest absolute Gasteiger partial charge is 0.306 e. The highest BCUT2D eigenvalue weighted by Gasteiger charge is 2.19. The van der Waals surface area contributed by atoms with Crippen LogP contribution in [0.5, 0.6) is 0 Å². The van der Waals surface area contributed by atoms with Crippen LogP contribution in [0.2, 0.25) is 0 Å². The van der Waals surface area contributed by atoms with E-state index in [0.29, 0.717) is 19.6 Å². The van der Waals surface area contributed by atoms with E-state index >= 15 is 0 Å². The number of para-hydroxylation sites is 2. The molecule has 0 N–H and O–H groups in total. The van der Waals surface area contributed by atoms with Crippen LogP contribution in [-0.4, -0.2) is 20.0 Å². The zero-order valence-electron chi connectivity index (χ0n) is 17.2. The van der Waals surface area contributed by atoms with E-state index in [1.807, 2.05) is 73.7 Å². The van der Waals surface area contributed by atoms with Gasteiger partial charge in [0.2, 0.25) is 5.91 Å². The third-order valence-electron chi connectivity index (χ3n) is 5.28. The largest absolute Gasteiger partial charge is 0.329 e. The molecular weight excluding hydrogens is 456 g/mol. The molecule has 4 rings (SSSR count). The van der Waals surface area contributed by atoms with Crippen LogP contribution in [0.25, 0.3) is 11.0 Å². The normalized spacial score (nSPS) is 11.0. The van der Waals surface area contributed by atoms with Crippen LogP contribution in [0.1, 0.15) is 19.0 Å². The summed E-state index contributed by atoms with van der Waals surface area (Å²) in [4.78, 5) is 32.3. The van der Waals surface area contributed by atoms with Gasteiger partial charge in [-0.2, -0.15) is 0 Å². The summed E-state index contributed by atoms with van der Waals surface area (Å²) in [6, 6.07) is 21.0. The van der Waals surface area contributed by atoms with Gasteiger partial charge in [0.15, 0.2) is 0 Å². The molecule has 0 atom stereocenters. The van der Waals surface area contributed by atoms with Crippen LogP contribution in [0.15, 0.2) is 82.2 Å². The Labute approximate surface area is 188 Å². The second kappa shape index (κ2) is 9.31. The molecule has 0 radical (unpaired) electrons. The maximum Gasteiger partial charge on any atom is 0.329 e. The second-order valence-electron chi connectivity index (χ2n) is 7.19. The van der Waals surface area contributed by atoms with Crippen molar-refractivity contribution in [3.05, 3.63) is 93.6 Å². The minimum Gasteiger partial charge on any atom is -0.306 e. The van der Waals surface area contributed by atoms with Crippen LogP contribution in [0, 0.1) is 0 Å². The summed E-state index contributed by atoms with van der Waals surface area (Å²) >= 11 is 3.44. The number of fused-ring (bicyclic) bond motifs is 1. The van der Waals surface area contributed by atoms with Crippen LogP contribution in [0.4, 0.5) is 5.69 Å². The fourth-order valence-electron chi connectivity index (χ4n) is 3.73. The van der Waals surface area contributed by atoms with Gasteiger partial charge < -0.3 is 4.90 Å². The first-order valence-corrected chi connectivity index (χ1v) is 11.0. The molecule has 4 aromatic rings. The minimum atomic E-state index is -0.0867. The molecule has 0 saturated heterocycles. The number of amides is 1. The van der Waals surface area contributed by atoms with Crippen molar-refractivity contribution in [2.24, 2.45) is 0 Å². The summed E-state index contributed by atoms with van der Waals surface area (Å²) in [5, 5.41) is 0. The molecule has 0 saturated carbocycles. The van der Waals surface area contributed by atoms with Crippen LogP contribution in [0.3, 0.4) is 0 Å². The number of rotatable bonds is 7. The molecule has 1 amide bonds. The molecule has 158 valence electrons. The Balaban J connectivity index is 1.61. The molecule has 6 nitrogen and oxygen atoms in total. The number of imidazole rings is 1. The Morgan fingerprint density at radius 2 is 1.65 bits per heavy atom. The maximum atomic E-state index is 13.3. The zero-order chi connectivity index (χ0) is 21.8. The Kier molecular flexibility index (Phi) is 6.32. The molecule has 0 bridgehead atoms. The van der Waals surface area contributed by atoms with Gasteiger partial charge in [-0.3, -0.25) is 18.9 Å². The summed E-state index contributed by atoms with van der Waals surface area (Å²) < 4.78 is 4.37. The first kappa shape index (κ1) is 21.1. The van der Waals surface area contributed by atoms with Gasteiger partial charge in [-0.15, -0.1) is 0 Å². The lowest BCUT2D eigenvalue weighted by Gasteiger charge is -2.23. The molecule has 2 aromatic heterocycles. The van der Waals surface area contributed by atoms with Crippen molar-refractivity contribution in [1.82, 2.24) is 14.1 Å². The zero-order valence-corrected chi connectivity index (χ0v) is 18.8. The minimum absolute atomic E-state index is 0.0618. The van der Waals surface area contributed by atoms with Crippen molar-refractivity contribution < 1.29 is 4.79 Å². The average molecular weight is 479 g/mol. The first-order valence-electron chi connectivity index (χ1n) is 10.2. The topological polar surface area (TPSA) is 60.1 Å². The van der Waals surface area contributed by atoms with E-state index in [1.165, 1.54) is 0 Å². The monoisotopic (exact) mass is 478 g/mol. The Bertz CT molecular complexity index is 1250. The fraction of sp³-hybridized carbons (Fsp3) is 0.208. The first-order chi connectivity index (χ1) is 15.1. The predicted molar refractivity (Wildman–Crippen MR) is 126 cm³/mol. The SMILES string of the molecule is CCn1c(=O)n(CCC(=O)N(Cc2ccccn2)c2ccc(Br)cc2)c2ccccc21. The van der Waals surface area contributed by atoms with E-state index in [9.17, 15) is 9.59 Å². The molecule has 31 heavy (non-hydrogen) atoms.